The molecule has 150 valence electrons. The van der Waals surface area contributed by atoms with E-state index in [0.29, 0.717) is 0 Å². The lowest BCUT2D eigenvalue weighted by atomic mass is 10.00. The first-order valence-electron chi connectivity index (χ1n) is 10.7. The number of nitrogens with zero attached hydrogens (tertiary/aromatic N) is 1. The van der Waals surface area contributed by atoms with E-state index in [1.807, 2.05) is 0 Å². The molecule has 0 aliphatic rings. The minimum absolute atomic E-state index is 1.18. The number of benzene rings is 4. The third-order valence-corrected chi connectivity index (χ3v) is 5.74. The van der Waals surface area contributed by atoms with Gasteiger partial charge in [0, 0.05) is 11.3 Å². The van der Waals surface area contributed by atoms with Crippen LogP contribution in [0.15, 0.2) is 115 Å². The summed E-state index contributed by atoms with van der Waals surface area (Å²) < 4.78 is 2.41. The molecular formula is C30H25N. The van der Waals surface area contributed by atoms with Gasteiger partial charge in [-0.25, -0.2) is 0 Å². The Bertz CT molecular complexity index is 1310. The molecule has 0 saturated carbocycles. The van der Waals surface area contributed by atoms with Gasteiger partial charge in [0.2, 0.25) is 0 Å². The van der Waals surface area contributed by atoms with Crippen molar-refractivity contribution in [2.45, 2.75) is 13.8 Å². The van der Waals surface area contributed by atoms with E-state index in [1.165, 1.54) is 50.5 Å². The van der Waals surface area contributed by atoms with Gasteiger partial charge in [0.1, 0.15) is 0 Å². The van der Waals surface area contributed by atoms with Gasteiger partial charge < -0.3 is 4.57 Å². The second kappa shape index (κ2) is 8.12. The number of aromatic nitrogens is 1. The summed E-state index contributed by atoms with van der Waals surface area (Å²) in [6.07, 6.45) is 0. The predicted molar refractivity (Wildman–Crippen MR) is 132 cm³/mol. The summed E-state index contributed by atoms with van der Waals surface area (Å²) in [6, 6.07) is 41.3. The van der Waals surface area contributed by atoms with Crippen LogP contribution in [0.25, 0.3) is 39.3 Å². The van der Waals surface area contributed by atoms with E-state index in [0.717, 1.165) is 0 Å². The maximum Gasteiger partial charge on any atom is 0.0613 e. The van der Waals surface area contributed by atoms with E-state index >= 15 is 0 Å². The molecule has 0 unspecified atom stereocenters. The highest BCUT2D eigenvalue weighted by Gasteiger charge is 2.20. The summed E-state index contributed by atoms with van der Waals surface area (Å²) in [5.74, 6) is 0. The van der Waals surface area contributed by atoms with Crippen molar-refractivity contribution >= 4 is 0 Å². The molecule has 0 atom stereocenters. The van der Waals surface area contributed by atoms with Crippen molar-refractivity contribution in [3.05, 3.63) is 126 Å². The highest BCUT2D eigenvalue weighted by atomic mass is 15.0. The Morgan fingerprint density at radius 2 is 1.13 bits per heavy atom. The van der Waals surface area contributed by atoms with Crippen LogP contribution < -0.4 is 0 Å². The Morgan fingerprint density at radius 3 is 1.77 bits per heavy atom. The first-order valence-corrected chi connectivity index (χ1v) is 10.7. The fourth-order valence-corrected chi connectivity index (χ4v) is 4.20. The van der Waals surface area contributed by atoms with Crippen molar-refractivity contribution in [2.75, 3.05) is 0 Å². The van der Waals surface area contributed by atoms with Crippen LogP contribution in [0.4, 0.5) is 0 Å². The van der Waals surface area contributed by atoms with Crippen molar-refractivity contribution in [3.8, 4) is 39.3 Å². The van der Waals surface area contributed by atoms with Crippen LogP contribution in [0.5, 0.6) is 0 Å². The highest BCUT2D eigenvalue weighted by Crippen LogP contribution is 2.41. The van der Waals surface area contributed by atoms with Crippen LogP contribution in [0.3, 0.4) is 0 Å². The average molecular weight is 400 g/mol. The van der Waals surface area contributed by atoms with Crippen LogP contribution in [-0.2, 0) is 0 Å². The minimum atomic E-state index is 1.18. The van der Waals surface area contributed by atoms with Crippen LogP contribution in [-0.4, -0.2) is 4.57 Å². The molecule has 0 fully saturated rings. The molecule has 4 aromatic carbocycles. The van der Waals surface area contributed by atoms with Crippen molar-refractivity contribution in [1.82, 2.24) is 4.57 Å². The average Bonchev–Trinajstić information content (AvgIpc) is 3.21. The summed E-state index contributed by atoms with van der Waals surface area (Å²) in [4.78, 5) is 0. The number of hydrogen-bond donors (Lipinski definition) is 0. The second-order valence-electron chi connectivity index (χ2n) is 8.06. The topological polar surface area (TPSA) is 4.93 Å². The van der Waals surface area contributed by atoms with Crippen LogP contribution >= 0.6 is 0 Å². The highest BCUT2D eigenvalue weighted by molar-refractivity contribution is 5.88. The fraction of sp³-hybridized carbons (Fsp3) is 0.0667. The zero-order valence-electron chi connectivity index (χ0n) is 17.9. The molecule has 0 amide bonds. The Labute approximate surface area is 184 Å². The molecule has 0 saturated heterocycles. The van der Waals surface area contributed by atoms with E-state index in [9.17, 15) is 0 Å². The molecule has 0 aliphatic heterocycles. The summed E-state index contributed by atoms with van der Waals surface area (Å²) in [6.45, 7) is 4.29. The van der Waals surface area contributed by atoms with Crippen LogP contribution in [0.2, 0.25) is 0 Å². The van der Waals surface area contributed by atoms with E-state index in [2.05, 4.69) is 134 Å². The third kappa shape index (κ3) is 3.71. The van der Waals surface area contributed by atoms with Gasteiger partial charge in [0.05, 0.1) is 11.4 Å². The molecule has 0 bridgehead atoms. The monoisotopic (exact) mass is 399 g/mol. The van der Waals surface area contributed by atoms with E-state index in [-0.39, 0.29) is 0 Å². The minimum Gasteiger partial charge on any atom is -0.309 e. The lowest BCUT2D eigenvalue weighted by Crippen LogP contribution is -2.00. The van der Waals surface area contributed by atoms with Crippen LogP contribution in [0.1, 0.15) is 11.1 Å². The Hall–Kier alpha value is -3.84. The maximum atomic E-state index is 2.41. The third-order valence-electron chi connectivity index (χ3n) is 5.74. The molecule has 31 heavy (non-hydrogen) atoms. The van der Waals surface area contributed by atoms with Gasteiger partial charge in [-0.3, -0.25) is 0 Å². The predicted octanol–water partition coefficient (Wildman–Crippen LogP) is 8.10. The first kappa shape index (κ1) is 19.1. The van der Waals surface area contributed by atoms with Gasteiger partial charge in [-0.15, -0.1) is 0 Å². The van der Waals surface area contributed by atoms with Crippen molar-refractivity contribution < 1.29 is 0 Å². The summed E-state index contributed by atoms with van der Waals surface area (Å²) in [7, 11) is 0. The van der Waals surface area contributed by atoms with Crippen molar-refractivity contribution in [3.63, 3.8) is 0 Å². The van der Waals surface area contributed by atoms with Crippen molar-refractivity contribution in [1.29, 1.82) is 0 Å². The molecule has 0 N–H and O–H groups in total. The van der Waals surface area contributed by atoms with Gasteiger partial charge in [0.25, 0.3) is 0 Å². The molecule has 0 aliphatic carbocycles. The normalized spacial score (nSPS) is 10.9. The lowest BCUT2D eigenvalue weighted by molar-refractivity contribution is 1.09. The van der Waals surface area contributed by atoms with E-state index in [1.54, 1.807) is 0 Å². The molecular weight excluding hydrogens is 374 g/mol. The quantitative estimate of drug-likeness (QED) is 0.288. The Kier molecular flexibility index (Phi) is 5.01. The van der Waals surface area contributed by atoms with Gasteiger partial charge >= 0.3 is 0 Å². The lowest BCUT2D eigenvalue weighted by Gasteiger charge is -2.16. The smallest absolute Gasteiger partial charge is 0.0613 e. The molecule has 0 spiro atoms. The standard InChI is InChI=1S/C30H25N/c1-22-16-18-26(19-17-22)30-28(24-11-5-3-6-12-24)21-29(25-13-7-4-8-14-25)31(30)27-15-9-10-23(2)20-27/h3-21H,1-2H3. The zero-order valence-corrected chi connectivity index (χ0v) is 17.9. The van der Waals surface area contributed by atoms with E-state index < -0.39 is 0 Å². The van der Waals surface area contributed by atoms with Crippen LogP contribution in [0, 0.1) is 13.8 Å². The van der Waals surface area contributed by atoms with Crippen molar-refractivity contribution in [2.24, 2.45) is 0 Å². The second-order valence-corrected chi connectivity index (χ2v) is 8.06. The Morgan fingerprint density at radius 1 is 0.484 bits per heavy atom. The molecule has 1 nitrogen and oxygen atoms in total. The number of aryl methyl sites for hydroxylation is 2. The maximum absolute atomic E-state index is 2.41. The molecule has 0 radical (unpaired) electrons. The van der Waals surface area contributed by atoms with Gasteiger partial charge in [-0.05, 0) is 54.3 Å². The van der Waals surface area contributed by atoms with Gasteiger partial charge in [-0.2, -0.15) is 0 Å². The molecule has 1 aromatic heterocycles. The largest absolute Gasteiger partial charge is 0.309 e. The number of rotatable bonds is 4. The SMILES string of the molecule is Cc1ccc(-c2c(-c3ccccc3)cc(-c3ccccc3)n2-c2cccc(C)c2)cc1. The zero-order chi connectivity index (χ0) is 21.2. The van der Waals surface area contributed by atoms with Gasteiger partial charge in [-0.1, -0.05) is 103 Å². The number of hydrogen-bond acceptors (Lipinski definition) is 0. The van der Waals surface area contributed by atoms with Gasteiger partial charge in [0.15, 0.2) is 0 Å². The summed E-state index contributed by atoms with van der Waals surface area (Å²) in [5, 5.41) is 0. The molecule has 1 heteroatoms. The summed E-state index contributed by atoms with van der Waals surface area (Å²) in [5.41, 5.74) is 11.0. The van der Waals surface area contributed by atoms with E-state index in [4.69, 9.17) is 0 Å². The molecule has 1 heterocycles. The molecule has 5 rings (SSSR count). The molecule has 5 aromatic rings. The Balaban J connectivity index is 1.89. The first-order chi connectivity index (χ1) is 15.2. The summed E-state index contributed by atoms with van der Waals surface area (Å²) >= 11 is 0. The fourth-order valence-electron chi connectivity index (χ4n) is 4.20.